The summed E-state index contributed by atoms with van der Waals surface area (Å²) in [6.07, 6.45) is 11.8. The molecule has 4 nitrogen and oxygen atoms in total. The number of methoxy groups -OCH3 is 1. The summed E-state index contributed by atoms with van der Waals surface area (Å²) in [6.45, 7) is 8.93. The van der Waals surface area contributed by atoms with Crippen molar-refractivity contribution < 1.29 is 14.3 Å². The quantitative estimate of drug-likeness (QED) is 0.250. The number of carbonyl (C=O) groups is 1. The molecule has 0 radical (unpaired) electrons. The summed E-state index contributed by atoms with van der Waals surface area (Å²) >= 11 is 0. The van der Waals surface area contributed by atoms with E-state index in [9.17, 15) is 4.79 Å². The van der Waals surface area contributed by atoms with Crippen molar-refractivity contribution in [3.05, 3.63) is 83.1 Å². The Balaban J connectivity index is 1.70. The van der Waals surface area contributed by atoms with Gasteiger partial charge in [-0.1, -0.05) is 29.8 Å². The van der Waals surface area contributed by atoms with E-state index in [0.717, 1.165) is 28.6 Å². The maximum absolute atomic E-state index is 13.2. The van der Waals surface area contributed by atoms with E-state index in [1.807, 2.05) is 50.3 Å². The maximum Gasteiger partial charge on any atom is 0.189 e. The van der Waals surface area contributed by atoms with Crippen molar-refractivity contribution in [2.75, 3.05) is 7.11 Å². The molecule has 0 spiro atoms. The van der Waals surface area contributed by atoms with Crippen LogP contribution in [-0.4, -0.2) is 23.1 Å². The van der Waals surface area contributed by atoms with Crippen molar-refractivity contribution in [2.45, 2.75) is 39.8 Å². The first kappa shape index (κ1) is 21.7. The van der Waals surface area contributed by atoms with Crippen molar-refractivity contribution in [1.82, 2.24) is 4.57 Å². The number of ketones is 1. The number of hydrogen-bond donors (Lipinski definition) is 0. The molecule has 2 aromatic carbocycles. The van der Waals surface area contributed by atoms with E-state index in [4.69, 9.17) is 9.47 Å². The molecule has 1 aliphatic rings. The minimum atomic E-state index is -0.490. The van der Waals surface area contributed by atoms with E-state index in [2.05, 4.69) is 42.8 Å². The van der Waals surface area contributed by atoms with Crippen LogP contribution in [0.2, 0.25) is 0 Å². The first-order valence-electron chi connectivity index (χ1n) is 10.8. The van der Waals surface area contributed by atoms with Gasteiger partial charge < -0.3 is 14.0 Å². The lowest BCUT2D eigenvalue weighted by Crippen LogP contribution is -2.28. The minimum Gasteiger partial charge on any atom is -0.496 e. The number of fused-ring (bicyclic) bond motifs is 2. The summed E-state index contributed by atoms with van der Waals surface area (Å²) < 4.78 is 13.8. The third-order valence-corrected chi connectivity index (χ3v) is 5.59. The summed E-state index contributed by atoms with van der Waals surface area (Å²) in [6, 6.07) is 11.8. The van der Waals surface area contributed by atoms with E-state index in [-0.39, 0.29) is 5.78 Å². The van der Waals surface area contributed by atoms with Gasteiger partial charge in [-0.25, -0.2) is 0 Å². The summed E-state index contributed by atoms with van der Waals surface area (Å²) in [5.74, 6) is 1.16. The smallest absolute Gasteiger partial charge is 0.189 e. The van der Waals surface area contributed by atoms with Crippen LogP contribution in [0.25, 0.3) is 23.1 Å². The second kappa shape index (κ2) is 8.54. The van der Waals surface area contributed by atoms with Crippen molar-refractivity contribution in [2.24, 2.45) is 0 Å². The Morgan fingerprint density at radius 1 is 1.16 bits per heavy atom. The van der Waals surface area contributed by atoms with Crippen LogP contribution in [0.1, 0.15) is 49.2 Å². The summed E-state index contributed by atoms with van der Waals surface area (Å²) in [5, 5.41) is 1.12. The largest absolute Gasteiger partial charge is 0.496 e. The zero-order valence-electron chi connectivity index (χ0n) is 19.3. The predicted molar refractivity (Wildman–Crippen MR) is 131 cm³/mol. The fraction of sp³-hybridized carbons (Fsp3) is 0.250. The number of allylic oxidation sites excluding steroid dienone is 3. The molecule has 0 N–H and O–H groups in total. The fourth-order valence-electron chi connectivity index (χ4n) is 3.90. The van der Waals surface area contributed by atoms with Gasteiger partial charge in [-0.2, -0.15) is 0 Å². The Morgan fingerprint density at radius 3 is 2.69 bits per heavy atom. The maximum atomic E-state index is 13.2. The monoisotopic (exact) mass is 427 g/mol. The van der Waals surface area contributed by atoms with Gasteiger partial charge in [0.25, 0.3) is 0 Å². The summed E-state index contributed by atoms with van der Waals surface area (Å²) in [7, 11) is 1.62. The van der Waals surface area contributed by atoms with Gasteiger partial charge in [0.1, 0.15) is 17.1 Å². The molecule has 164 valence electrons. The molecule has 0 unspecified atom stereocenters. The Morgan fingerprint density at radius 2 is 1.94 bits per heavy atom. The number of hydrogen-bond acceptors (Lipinski definition) is 3. The van der Waals surface area contributed by atoms with Gasteiger partial charge >= 0.3 is 0 Å². The SMILES string of the molecule is COc1ccc(C(=O)/C=C/c2cn(CC=C(C)C)c3ccccc23)c2c1C=CC(C)(C)O2. The van der Waals surface area contributed by atoms with Crippen molar-refractivity contribution >= 4 is 28.8 Å². The topological polar surface area (TPSA) is 40.5 Å². The van der Waals surface area contributed by atoms with Crippen LogP contribution in [0.5, 0.6) is 11.5 Å². The number of benzene rings is 2. The molecule has 0 amide bonds. The lowest BCUT2D eigenvalue weighted by molar-refractivity contribution is 0.103. The van der Waals surface area contributed by atoms with Crippen LogP contribution in [0.4, 0.5) is 0 Å². The third kappa shape index (κ3) is 4.26. The van der Waals surface area contributed by atoms with E-state index < -0.39 is 5.60 Å². The lowest BCUT2D eigenvalue weighted by Gasteiger charge is -2.29. The lowest BCUT2D eigenvalue weighted by atomic mass is 9.97. The van der Waals surface area contributed by atoms with Crippen LogP contribution in [0.3, 0.4) is 0 Å². The molecule has 0 fully saturated rings. The van der Waals surface area contributed by atoms with E-state index >= 15 is 0 Å². The van der Waals surface area contributed by atoms with Crippen LogP contribution in [-0.2, 0) is 6.54 Å². The van der Waals surface area contributed by atoms with E-state index in [1.54, 1.807) is 19.3 Å². The Kier molecular flexibility index (Phi) is 5.79. The highest BCUT2D eigenvalue weighted by molar-refractivity contribution is 6.10. The molecule has 0 bridgehead atoms. The Hall–Kier alpha value is -3.53. The number of ether oxygens (including phenoxy) is 2. The number of nitrogens with zero attached hydrogens (tertiary/aromatic N) is 1. The molecular formula is C28H29NO3. The van der Waals surface area contributed by atoms with Crippen molar-refractivity contribution in [3.63, 3.8) is 0 Å². The van der Waals surface area contributed by atoms with Gasteiger partial charge in [0.2, 0.25) is 0 Å². The van der Waals surface area contributed by atoms with Gasteiger partial charge in [0.05, 0.1) is 18.2 Å². The summed E-state index contributed by atoms with van der Waals surface area (Å²) in [4.78, 5) is 13.2. The summed E-state index contributed by atoms with van der Waals surface area (Å²) in [5.41, 5.74) is 4.27. The third-order valence-electron chi connectivity index (χ3n) is 5.59. The fourth-order valence-corrected chi connectivity index (χ4v) is 3.90. The number of para-hydroxylation sites is 1. The Labute approximate surface area is 189 Å². The van der Waals surface area contributed by atoms with E-state index in [1.165, 1.54) is 5.57 Å². The standard InChI is InChI=1S/C28H29NO3/c1-19(2)15-17-29-18-20(21-8-6-7-9-24(21)29)10-12-25(30)22-11-13-26(31-5)23-14-16-28(3,4)32-27(22)23/h6-16,18H,17H2,1-5H3/b12-10+. The highest BCUT2D eigenvalue weighted by Gasteiger charge is 2.27. The van der Waals surface area contributed by atoms with Gasteiger partial charge in [-0.15, -0.1) is 0 Å². The molecular weight excluding hydrogens is 398 g/mol. The molecule has 4 rings (SSSR count). The van der Waals surface area contributed by atoms with Crippen LogP contribution in [0.15, 0.2) is 66.4 Å². The molecule has 1 aliphatic heterocycles. The zero-order valence-corrected chi connectivity index (χ0v) is 19.3. The molecule has 4 heteroatoms. The van der Waals surface area contributed by atoms with Crippen LogP contribution < -0.4 is 9.47 Å². The second-order valence-electron chi connectivity index (χ2n) is 8.83. The first-order chi connectivity index (χ1) is 15.3. The number of rotatable bonds is 6. The minimum absolute atomic E-state index is 0.101. The normalized spacial score (nSPS) is 14.3. The zero-order chi connectivity index (χ0) is 22.9. The molecule has 2 heterocycles. The Bertz CT molecular complexity index is 1270. The number of carbonyl (C=O) groups excluding carboxylic acids is 1. The highest BCUT2D eigenvalue weighted by Crippen LogP contribution is 2.40. The number of aromatic nitrogens is 1. The molecule has 3 aromatic rings. The average molecular weight is 428 g/mol. The van der Waals surface area contributed by atoms with Gasteiger partial charge in [-0.3, -0.25) is 4.79 Å². The first-order valence-corrected chi connectivity index (χ1v) is 10.8. The van der Waals surface area contributed by atoms with Crippen molar-refractivity contribution in [3.8, 4) is 11.5 Å². The molecule has 0 atom stereocenters. The van der Waals surface area contributed by atoms with Gasteiger partial charge in [-0.05, 0) is 70.2 Å². The van der Waals surface area contributed by atoms with Gasteiger partial charge in [0, 0.05) is 29.2 Å². The molecule has 0 saturated carbocycles. The molecule has 0 saturated heterocycles. The average Bonchev–Trinajstić information content (AvgIpc) is 3.12. The van der Waals surface area contributed by atoms with Crippen LogP contribution >= 0.6 is 0 Å². The van der Waals surface area contributed by atoms with Crippen molar-refractivity contribution in [1.29, 1.82) is 0 Å². The van der Waals surface area contributed by atoms with E-state index in [0.29, 0.717) is 17.1 Å². The predicted octanol–water partition coefficient (Wildman–Crippen LogP) is 6.70. The van der Waals surface area contributed by atoms with Gasteiger partial charge in [0.15, 0.2) is 5.78 Å². The molecule has 32 heavy (non-hydrogen) atoms. The molecule has 0 aliphatic carbocycles. The second-order valence-corrected chi connectivity index (χ2v) is 8.83. The highest BCUT2D eigenvalue weighted by atomic mass is 16.5. The molecule has 1 aromatic heterocycles. The van der Waals surface area contributed by atoms with Crippen LogP contribution in [0, 0.1) is 0 Å².